The Morgan fingerprint density at radius 2 is 2.07 bits per heavy atom. The van der Waals surface area contributed by atoms with E-state index in [9.17, 15) is 0 Å². The number of hydrogen-bond acceptors (Lipinski definition) is 2. The quantitative estimate of drug-likeness (QED) is 0.765. The van der Waals surface area contributed by atoms with Gasteiger partial charge < -0.3 is 4.74 Å². The lowest BCUT2D eigenvalue weighted by Crippen LogP contribution is -2.12. The van der Waals surface area contributed by atoms with Crippen molar-refractivity contribution < 1.29 is 4.74 Å². The molecular weight excluding hydrogens is 254 g/mol. The smallest absolute Gasteiger partial charge is 0.152 e. The minimum Gasteiger partial charge on any atom is -0.488 e. The molecule has 0 aliphatic heterocycles. The summed E-state index contributed by atoms with van der Waals surface area (Å²) in [5.74, 6) is 0.880. The Labute approximate surface area is 99.2 Å². The van der Waals surface area contributed by atoms with E-state index in [0.717, 1.165) is 10.4 Å². The number of hydrogen-bond donors (Lipinski definition) is 0. The standard InChI is InChI=1S/C12H16BrNO/c1-12(2,3)8-6-10(11(13)14-7-8)15-9-4-5-9/h6-7,9H,4-5H2,1-3H3. The highest BCUT2D eigenvalue weighted by molar-refractivity contribution is 9.10. The lowest BCUT2D eigenvalue weighted by Gasteiger charge is -2.19. The first-order valence-electron chi connectivity index (χ1n) is 5.29. The van der Waals surface area contributed by atoms with Crippen molar-refractivity contribution in [3.05, 3.63) is 22.4 Å². The van der Waals surface area contributed by atoms with Gasteiger partial charge in [-0.15, -0.1) is 0 Å². The topological polar surface area (TPSA) is 22.1 Å². The van der Waals surface area contributed by atoms with Crippen molar-refractivity contribution in [1.82, 2.24) is 4.98 Å². The highest BCUT2D eigenvalue weighted by Gasteiger charge is 2.25. The fraction of sp³-hybridized carbons (Fsp3) is 0.583. The van der Waals surface area contributed by atoms with Crippen LogP contribution in [0.15, 0.2) is 16.9 Å². The molecule has 1 aromatic rings. The molecule has 0 radical (unpaired) electrons. The molecule has 1 fully saturated rings. The molecule has 0 saturated heterocycles. The third-order valence-electron chi connectivity index (χ3n) is 2.49. The van der Waals surface area contributed by atoms with E-state index >= 15 is 0 Å². The predicted molar refractivity (Wildman–Crippen MR) is 64.3 cm³/mol. The van der Waals surface area contributed by atoms with Crippen LogP contribution >= 0.6 is 15.9 Å². The maximum atomic E-state index is 5.78. The lowest BCUT2D eigenvalue weighted by molar-refractivity contribution is 0.298. The molecule has 82 valence electrons. The highest BCUT2D eigenvalue weighted by Crippen LogP contribution is 2.34. The SMILES string of the molecule is CC(C)(C)c1cnc(Br)c(OC2CC2)c1. The van der Waals surface area contributed by atoms with Gasteiger partial charge in [0.15, 0.2) is 5.75 Å². The minimum atomic E-state index is 0.120. The zero-order valence-electron chi connectivity index (χ0n) is 9.38. The molecule has 1 aliphatic carbocycles. The van der Waals surface area contributed by atoms with E-state index in [0.29, 0.717) is 6.10 Å². The van der Waals surface area contributed by atoms with E-state index in [-0.39, 0.29) is 5.41 Å². The van der Waals surface area contributed by atoms with Crippen molar-refractivity contribution in [2.45, 2.75) is 45.1 Å². The maximum absolute atomic E-state index is 5.78. The summed E-state index contributed by atoms with van der Waals surface area (Å²) in [6.45, 7) is 6.54. The second-order valence-electron chi connectivity index (χ2n) is 5.08. The van der Waals surface area contributed by atoms with Crippen LogP contribution < -0.4 is 4.74 Å². The molecule has 0 atom stereocenters. The molecule has 2 rings (SSSR count). The molecule has 15 heavy (non-hydrogen) atoms. The van der Waals surface area contributed by atoms with Gasteiger partial charge in [-0.3, -0.25) is 0 Å². The van der Waals surface area contributed by atoms with E-state index in [2.05, 4.69) is 47.8 Å². The minimum absolute atomic E-state index is 0.120. The van der Waals surface area contributed by atoms with Crippen molar-refractivity contribution in [1.29, 1.82) is 0 Å². The van der Waals surface area contributed by atoms with E-state index in [1.165, 1.54) is 18.4 Å². The van der Waals surface area contributed by atoms with Crippen LogP contribution in [0.3, 0.4) is 0 Å². The van der Waals surface area contributed by atoms with Gasteiger partial charge in [-0.25, -0.2) is 4.98 Å². The molecule has 2 nitrogen and oxygen atoms in total. The Morgan fingerprint density at radius 1 is 1.40 bits per heavy atom. The Hall–Kier alpha value is -0.570. The number of aromatic nitrogens is 1. The van der Waals surface area contributed by atoms with Gasteiger partial charge >= 0.3 is 0 Å². The third-order valence-corrected chi connectivity index (χ3v) is 3.09. The summed E-state index contributed by atoms with van der Waals surface area (Å²) in [7, 11) is 0. The van der Waals surface area contributed by atoms with Crippen molar-refractivity contribution in [3.63, 3.8) is 0 Å². The van der Waals surface area contributed by atoms with Crippen LogP contribution in [0.4, 0.5) is 0 Å². The summed E-state index contributed by atoms with van der Waals surface area (Å²) in [5, 5.41) is 0. The fourth-order valence-corrected chi connectivity index (χ4v) is 1.60. The van der Waals surface area contributed by atoms with Crippen LogP contribution in [0.25, 0.3) is 0 Å². The van der Waals surface area contributed by atoms with Gasteiger partial charge in [-0.2, -0.15) is 0 Å². The fourth-order valence-electron chi connectivity index (χ4n) is 1.29. The monoisotopic (exact) mass is 269 g/mol. The average Bonchev–Trinajstić information content (AvgIpc) is 2.90. The Kier molecular flexibility index (Phi) is 2.75. The Balaban J connectivity index is 2.27. The van der Waals surface area contributed by atoms with Gasteiger partial charge in [0.05, 0.1) is 6.10 Å². The van der Waals surface area contributed by atoms with E-state index in [1.807, 2.05) is 6.20 Å². The molecule has 0 bridgehead atoms. The van der Waals surface area contributed by atoms with Crippen molar-refractivity contribution in [3.8, 4) is 5.75 Å². The van der Waals surface area contributed by atoms with E-state index in [1.54, 1.807) is 0 Å². The molecule has 0 spiro atoms. The summed E-state index contributed by atoms with van der Waals surface area (Å²) in [6, 6.07) is 2.09. The van der Waals surface area contributed by atoms with Crippen molar-refractivity contribution in [2.24, 2.45) is 0 Å². The summed E-state index contributed by atoms with van der Waals surface area (Å²) < 4.78 is 6.59. The zero-order valence-corrected chi connectivity index (χ0v) is 11.0. The van der Waals surface area contributed by atoms with Crippen LogP contribution in [-0.4, -0.2) is 11.1 Å². The van der Waals surface area contributed by atoms with Gasteiger partial charge in [-0.1, -0.05) is 20.8 Å². The first-order chi connectivity index (χ1) is 6.97. The highest BCUT2D eigenvalue weighted by atomic mass is 79.9. The number of rotatable bonds is 2. The normalized spacial score (nSPS) is 16.5. The summed E-state index contributed by atoms with van der Waals surface area (Å²) in [6.07, 6.45) is 4.67. The first-order valence-corrected chi connectivity index (χ1v) is 6.09. The van der Waals surface area contributed by atoms with Crippen LogP contribution in [0.5, 0.6) is 5.75 Å². The summed E-state index contributed by atoms with van der Waals surface area (Å²) in [4.78, 5) is 4.32. The van der Waals surface area contributed by atoms with Crippen molar-refractivity contribution >= 4 is 15.9 Å². The first kappa shape index (κ1) is 10.9. The average molecular weight is 270 g/mol. The third kappa shape index (κ3) is 2.71. The van der Waals surface area contributed by atoms with Gasteiger partial charge in [0.2, 0.25) is 0 Å². The van der Waals surface area contributed by atoms with E-state index < -0.39 is 0 Å². The van der Waals surface area contributed by atoms with Crippen molar-refractivity contribution in [2.75, 3.05) is 0 Å². The van der Waals surface area contributed by atoms with Crippen LogP contribution in [-0.2, 0) is 5.41 Å². The molecule has 1 aliphatic rings. The predicted octanol–water partition coefficient (Wildman–Crippen LogP) is 3.68. The molecule has 3 heteroatoms. The molecule has 1 heterocycles. The number of halogens is 1. The van der Waals surface area contributed by atoms with Crippen LogP contribution in [0.1, 0.15) is 39.2 Å². The zero-order chi connectivity index (χ0) is 11.1. The van der Waals surface area contributed by atoms with Gasteiger partial charge in [0.25, 0.3) is 0 Å². The summed E-state index contributed by atoms with van der Waals surface area (Å²) >= 11 is 3.42. The second-order valence-corrected chi connectivity index (χ2v) is 5.83. The van der Waals surface area contributed by atoms with Crippen LogP contribution in [0, 0.1) is 0 Å². The molecule has 0 unspecified atom stereocenters. The van der Waals surface area contributed by atoms with Gasteiger partial charge in [-0.05, 0) is 45.8 Å². The summed E-state index contributed by atoms with van der Waals surface area (Å²) in [5.41, 5.74) is 1.33. The number of nitrogens with zero attached hydrogens (tertiary/aromatic N) is 1. The lowest BCUT2D eigenvalue weighted by atomic mass is 9.88. The molecular formula is C12H16BrNO. The largest absolute Gasteiger partial charge is 0.488 e. The maximum Gasteiger partial charge on any atom is 0.152 e. The van der Waals surface area contributed by atoms with Gasteiger partial charge in [0.1, 0.15) is 4.60 Å². The molecule has 1 saturated carbocycles. The number of pyridine rings is 1. The Morgan fingerprint density at radius 3 is 2.60 bits per heavy atom. The molecule has 1 aromatic heterocycles. The molecule has 0 amide bonds. The second kappa shape index (κ2) is 3.78. The number of ether oxygens (including phenoxy) is 1. The molecule has 0 aromatic carbocycles. The van der Waals surface area contributed by atoms with Gasteiger partial charge in [0, 0.05) is 6.20 Å². The Bertz CT molecular complexity index is 366. The van der Waals surface area contributed by atoms with Crippen LogP contribution in [0.2, 0.25) is 0 Å². The molecule has 0 N–H and O–H groups in total. The van der Waals surface area contributed by atoms with E-state index in [4.69, 9.17) is 4.74 Å².